The summed E-state index contributed by atoms with van der Waals surface area (Å²) in [6, 6.07) is 13.6. The van der Waals surface area contributed by atoms with Gasteiger partial charge in [-0.15, -0.1) is 0 Å². The summed E-state index contributed by atoms with van der Waals surface area (Å²) in [7, 11) is 3.89. The molecule has 0 spiro atoms. The van der Waals surface area contributed by atoms with Crippen molar-refractivity contribution in [3.05, 3.63) is 66.7 Å². The molecule has 3 heterocycles. The van der Waals surface area contributed by atoms with Crippen molar-refractivity contribution < 1.29 is 4.79 Å². The molecule has 0 unspecified atom stereocenters. The van der Waals surface area contributed by atoms with Crippen LogP contribution < -0.4 is 9.80 Å². The number of aromatic nitrogens is 3. The highest BCUT2D eigenvalue weighted by Crippen LogP contribution is 2.21. The van der Waals surface area contributed by atoms with Crippen molar-refractivity contribution in [2.24, 2.45) is 0 Å². The molecule has 3 aromatic rings. The van der Waals surface area contributed by atoms with Crippen LogP contribution >= 0.6 is 0 Å². The minimum absolute atomic E-state index is 0.0686. The van der Waals surface area contributed by atoms with E-state index >= 15 is 0 Å². The quantitative estimate of drug-likeness (QED) is 0.684. The van der Waals surface area contributed by atoms with E-state index in [1.807, 2.05) is 66.5 Å². The number of amides is 1. The molecular weight excluding hydrogens is 364 g/mol. The lowest BCUT2D eigenvalue weighted by atomic mass is 10.1. The highest BCUT2D eigenvalue weighted by molar-refractivity contribution is 5.94. The molecule has 29 heavy (non-hydrogen) atoms. The monoisotopic (exact) mass is 388 g/mol. The number of hydrogen-bond acceptors (Lipinski definition) is 6. The molecule has 7 nitrogen and oxygen atoms in total. The zero-order valence-electron chi connectivity index (χ0n) is 16.7. The Morgan fingerprint density at radius 1 is 1.00 bits per heavy atom. The van der Waals surface area contributed by atoms with Crippen LogP contribution in [0.1, 0.15) is 10.4 Å². The zero-order valence-corrected chi connectivity index (χ0v) is 16.7. The Morgan fingerprint density at radius 2 is 1.76 bits per heavy atom. The van der Waals surface area contributed by atoms with Crippen LogP contribution in [-0.4, -0.2) is 66.0 Å². The Bertz CT molecular complexity index is 966. The molecule has 1 aromatic carbocycles. The van der Waals surface area contributed by atoms with Gasteiger partial charge in [-0.25, -0.2) is 9.97 Å². The maximum Gasteiger partial charge on any atom is 0.253 e. The highest BCUT2D eigenvalue weighted by atomic mass is 16.2. The summed E-state index contributed by atoms with van der Waals surface area (Å²) in [5.74, 6) is 0.917. The molecule has 2 aromatic heterocycles. The van der Waals surface area contributed by atoms with Crippen LogP contribution in [0.25, 0.3) is 11.3 Å². The van der Waals surface area contributed by atoms with E-state index < -0.39 is 0 Å². The van der Waals surface area contributed by atoms with E-state index in [0.717, 1.165) is 35.9 Å². The van der Waals surface area contributed by atoms with Gasteiger partial charge in [0, 0.05) is 63.7 Å². The molecule has 1 amide bonds. The second kappa shape index (κ2) is 8.26. The van der Waals surface area contributed by atoms with Crippen molar-refractivity contribution >= 4 is 17.4 Å². The number of hydrogen-bond donors (Lipinski definition) is 0. The van der Waals surface area contributed by atoms with Gasteiger partial charge >= 0.3 is 0 Å². The molecule has 1 fully saturated rings. The van der Waals surface area contributed by atoms with Crippen molar-refractivity contribution in [2.75, 3.05) is 50.1 Å². The molecule has 1 aliphatic rings. The van der Waals surface area contributed by atoms with Crippen LogP contribution in [0.3, 0.4) is 0 Å². The number of carbonyl (C=O) groups excluding carboxylic acids is 1. The van der Waals surface area contributed by atoms with Gasteiger partial charge in [-0.1, -0.05) is 12.1 Å². The van der Waals surface area contributed by atoms with E-state index in [1.165, 1.54) is 0 Å². The molecule has 1 aliphatic heterocycles. The Labute approximate surface area is 170 Å². The molecule has 7 heteroatoms. The molecule has 0 bridgehead atoms. The van der Waals surface area contributed by atoms with Crippen LogP contribution in [0.4, 0.5) is 11.5 Å². The van der Waals surface area contributed by atoms with E-state index in [1.54, 1.807) is 12.5 Å². The summed E-state index contributed by atoms with van der Waals surface area (Å²) >= 11 is 0. The molecule has 0 aliphatic carbocycles. The second-order valence-electron chi connectivity index (χ2n) is 7.22. The molecule has 0 saturated carbocycles. The predicted molar refractivity (Wildman–Crippen MR) is 114 cm³/mol. The van der Waals surface area contributed by atoms with Gasteiger partial charge < -0.3 is 14.7 Å². The van der Waals surface area contributed by atoms with E-state index in [0.29, 0.717) is 18.7 Å². The fourth-order valence-electron chi connectivity index (χ4n) is 3.42. The fourth-order valence-corrected chi connectivity index (χ4v) is 3.42. The number of anilines is 2. The lowest BCUT2D eigenvalue weighted by molar-refractivity contribution is 0.0747. The predicted octanol–water partition coefficient (Wildman–Crippen LogP) is 2.57. The minimum Gasteiger partial charge on any atom is -0.367 e. The van der Waals surface area contributed by atoms with Crippen molar-refractivity contribution in [3.63, 3.8) is 0 Å². The summed E-state index contributed by atoms with van der Waals surface area (Å²) < 4.78 is 0. The largest absolute Gasteiger partial charge is 0.367 e. The standard InChI is InChI=1S/C22H24N6O/c1-26(2)21-14-20(24-16-25-21)17-5-7-18(8-6-17)22(29)28-12-10-27(11-13-28)19-4-3-9-23-15-19/h3-9,14-16H,10-13H2,1-2H3. The maximum atomic E-state index is 12.9. The average molecular weight is 388 g/mol. The summed E-state index contributed by atoms with van der Waals surface area (Å²) in [5.41, 5.74) is 3.61. The first-order chi connectivity index (χ1) is 14.1. The van der Waals surface area contributed by atoms with Gasteiger partial charge in [0.05, 0.1) is 17.6 Å². The number of benzene rings is 1. The fraction of sp³-hybridized carbons (Fsp3) is 0.273. The molecular formula is C22H24N6O. The van der Waals surface area contributed by atoms with Crippen molar-refractivity contribution in [2.45, 2.75) is 0 Å². The molecule has 1 saturated heterocycles. The minimum atomic E-state index is 0.0686. The first-order valence-corrected chi connectivity index (χ1v) is 9.66. The van der Waals surface area contributed by atoms with E-state index in [4.69, 9.17) is 0 Å². The number of nitrogens with zero attached hydrogens (tertiary/aromatic N) is 6. The van der Waals surface area contributed by atoms with Crippen LogP contribution in [0.5, 0.6) is 0 Å². The highest BCUT2D eigenvalue weighted by Gasteiger charge is 2.22. The topological polar surface area (TPSA) is 65.5 Å². The van der Waals surface area contributed by atoms with Crippen LogP contribution in [-0.2, 0) is 0 Å². The number of rotatable bonds is 4. The van der Waals surface area contributed by atoms with Gasteiger partial charge in [-0.3, -0.25) is 9.78 Å². The number of pyridine rings is 1. The number of piperazine rings is 1. The zero-order chi connectivity index (χ0) is 20.2. The third-order valence-electron chi connectivity index (χ3n) is 5.12. The third-order valence-corrected chi connectivity index (χ3v) is 5.12. The number of carbonyl (C=O) groups is 1. The molecule has 0 atom stereocenters. The Morgan fingerprint density at radius 3 is 2.41 bits per heavy atom. The smallest absolute Gasteiger partial charge is 0.253 e. The summed E-state index contributed by atoms with van der Waals surface area (Å²) in [5, 5.41) is 0. The Balaban J connectivity index is 1.42. The molecule has 4 rings (SSSR count). The van der Waals surface area contributed by atoms with Gasteiger partial charge in [0.25, 0.3) is 5.91 Å². The first kappa shape index (κ1) is 18.9. The summed E-state index contributed by atoms with van der Waals surface area (Å²) in [6.07, 6.45) is 5.20. The molecule has 148 valence electrons. The van der Waals surface area contributed by atoms with Crippen LogP contribution in [0.2, 0.25) is 0 Å². The normalized spacial score (nSPS) is 14.0. The Kier molecular flexibility index (Phi) is 5.37. The van der Waals surface area contributed by atoms with Gasteiger partial charge in [-0.2, -0.15) is 0 Å². The van der Waals surface area contributed by atoms with Crippen LogP contribution in [0.15, 0.2) is 61.2 Å². The summed E-state index contributed by atoms with van der Waals surface area (Å²) in [6.45, 7) is 3.02. The maximum absolute atomic E-state index is 12.9. The van der Waals surface area contributed by atoms with Crippen molar-refractivity contribution in [1.29, 1.82) is 0 Å². The first-order valence-electron chi connectivity index (χ1n) is 9.66. The van der Waals surface area contributed by atoms with Crippen molar-refractivity contribution in [1.82, 2.24) is 19.9 Å². The molecule has 0 radical (unpaired) electrons. The SMILES string of the molecule is CN(C)c1cc(-c2ccc(C(=O)N3CCN(c4cccnc4)CC3)cc2)ncn1. The van der Waals surface area contributed by atoms with Crippen LogP contribution in [0, 0.1) is 0 Å². The summed E-state index contributed by atoms with van der Waals surface area (Å²) in [4.78, 5) is 31.8. The Hall–Kier alpha value is -3.48. The van der Waals surface area contributed by atoms with E-state index in [2.05, 4.69) is 25.9 Å². The van der Waals surface area contributed by atoms with Gasteiger partial charge in [-0.05, 0) is 24.3 Å². The van der Waals surface area contributed by atoms with Gasteiger partial charge in [0.15, 0.2) is 0 Å². The van der Waals surface area contributed by atoms with Gasteiger partial charge in [0.1, 0.15) is 12.1 Å². The molecule has 0 N–H and O–H groups in total. The van der Waals surface area contributed by atoms with Crippen molar-refractivity contribution in [3.8, 4) is 11.3 Å². The second-order valence-corrected chi connectivity index (χ2v) is 7.22. The van der Waals surface area contributed by atoms with Gasteiger partial charge in [0.2, 0.25) is 0 Å². The lowest BCUT2D eigenvalue weighted by Crippen LogP contribution is -2.48. The third kappa shape index (κ3) is 4.18. The average Bonchev–Trinajstić information content (AvgIpc) is 2.79. The van der Waals surface area contributed by atoms with E-state index in [9.17, 15) is 4.79 Å². The lowest BCUT2D eigenvalue weighted by Gasteiger charge is -2.36. The van der Waals surface area contributed by atoms with E-state index in [-0.39, 0.29) is 5.91 Å².